The Morgan fingerprint density at radius 2 is 2.10 bits per heavy atom. The van der Waals surface area contributed by atoms with Crippen LogP contribution in [0.25, 0.3) is 0 Å². The molecule has 0 radical (unpaired) electrons. The van der Waals surface area contributed by atoms with Gasteiger partial charge in [0.05, 0.1) is 12.9 Å². The van der Waals surface area contributed by atoms with Gasteiger partial charge in [-0.3, -0.25) is 4.84 Å². The molecule has 0 aliphatic rings. The zero-order valence-corrected chi connectivity index (χ0v) is 11.8. The van der Waals surface area contributed by atoms with E-state index >= 15 is 0 Å². The minimum Gasteiger partial charge on any atom is -0.467 e. The second kappa shape index (κ2) is 6.39. The van der Waals surface area contributed by atoms with Gasteiger partial charge in [-0.2, -0.15) is 5.48 Å². The van der Waals surface area contributed by atoms with Crippen molar-refractivity contribution in [2.45, 2.75) is 12.6 Å². The summed E-state index contributed by atoms with van der Waals surface area (Å²) in [6.45, 7) is 0.475. The van der Waals surface area contributed by atoms with Crippen molar-refractivity contribution in [1.29, 1.82) is 0 Å². The summed E-state index contributed by atoms with van der Waals surface area (Å²) in [6, 6.07) is 13.5. The number of nitrogens with zero attached hydrogens (tertiary/aromatic N) is 2. The maximum absolute atomic E-state index is 5.62. The van der Waals surface area contributed by atoms with Crippen molar-refractivity contribution in [3.8, 4) is 0 Å². The van der Waals surface area contributed by atoms with E-state index in [0.29, 0.717) is 6.61 Å². The fourth-order valence-corrected chi connectivity index (χ4v) is 2.13. The third-order valence-electron chi connectivity index (χ3n) is 3.23. The zero-order valence-electron chi connectivity index (χ0n) is 11.8. The molecule has 0 fully saturated rings. The van der Waals surface area contributed by atoms with Gasteiger partial charge >= 0.3 is 0 Å². The number of benzene rings is 1. The summed E-state index contributed by atoms with van der Waals surface area (Å²) in [5.74, 6) is 1.59. The van der Waals surface area contributed by atoms with Crippen LogP contribution in [0.3, 0.4) is 0 Å². The first kappa shape index (κ1) is 13.6. The van der Waals surface area contributed by atoms with Gasteiger partial charge in [0, 0.05) is 19.4 Å². The Labute approximate surface area is 123 Å². The van der Waals surface area contributed by atoms with E-state index < -0.39 is 0 Å². The molecule has 2 aromatic heterocycles. The molecule has 3 rings (SSSR count). The average Bonchev–Trinajstić information content (AvgIpc) is 3.17. The van der Waals surface area contributed by atoms with Crippen LogP contribution in [-0.2, 0) is 18.5 Å². The first-order valence-electron chi connectivity index (χ1n) is 6.76. The van der Waals surface area contributed by atoms with Crippen molar-refractivity contribution in [3.05, 3.63) is 78.3 Å². The quantitative estimate of drug-likeness (QED) is 0.707. The van der Waals surface area contributed by atoms with Gasteiger partial charge in [-0.25, -0.2) is 4.98 Å². The maximum Gasteiger partial charge on any atom is 0.148 e. The summed E-state index contributed by atoms with van der Waals surface area (Å²) in [7, 11) is 1.94. The first-order chi connectivity index (χ1) is 10.3. The number of furan rings is 1. The third kappa shape index (κ3) is 3.21. The summed E-state index contributed by atoms with van der Waals surface area (Å²) in [4.78, 5) is 9.98. The fraction of sp³-hybridized carbons (Fsp3) is 0.188. The number of aryl methyl sites for hydroxylation is 1. The SMILES string of the molecule is Cn1ccnc1C(NOCc1ccccc1)c1ccco1. The lowest BCUT2D eigenvalue weighted by molar-refractivity contribution is 0.00516. The molecule has 0 aliphatic heterocycles. The van der Waals surface area contributed by atoms with Crippen LogP contribution in [0.4, 0.5) is 0 Å². The summed E-state index contributed by atoms with van der Waals surface area (Å²) in [5, 5.41) is 0. The summed E-state index contributed by atoms with van der Waals surface area (Å²) < 4.78 is 7.42. The Hall–Kier alpha value is -2.37. The molecule has 0 aliphatic carbocycles. The Kier molecular flexibility index (Phi) is 4.14. The summed E-state index contributed by atoms with van der Waals surface area (Å²) >= 11 is 0. The van der Waals surface area contributed by atoms with E-state index in [-0.39, 0.29) is 6.04 Å². The molecule has 108 valence electrons. The van der Waals surface area contributed by atoms with E-state index in [1.807, 2.05) is 60.3 Å². The van der Waals surface area contributed by atoms with Crippen LogP contribution in [0.1, 0.15) is 23.2 Å². The average molecular weight is 283 g/mol. The second-order valence-corrected chi connectivity index (χ2v) is 4.74. The molecule has 0 bridgehead atoms. The Bertz CT molecular complexity index is 662. The standard InChI is InChI=1S/C16H17N3O2/c1-19-10-9-17-16(19)15(14-8-5-11-20-14)18-21-12-13-6-3-2-4-7-13/h2-11,15,18H,12H2,1H3. The highest BCUT2D eigenvalue weighted by Gasteiger charge is 2.21. The van der Waals surface area contributed by atoms with Crippen LogP contribution in [0.2, 0.25) is 0 Å². The normalized spacial score (nSPS) is 12.4. The van der Waals surface area contributed by atoms with Gasteiger partial charge in [0.1, 0.15) is 17.6 Å². The van der Waals surface area contributed by atoms with Gasteiger partial charge in [0.2, 0.25) is 0 Å². The Morgan fingerprint density at radius 1 is 1.24 bits per heavy atom. The maximum atomic E-state index is 5.62. The Morgan fingerprint density at radius 3 is 2.76 bits per heavy atom. The van der Waals surface area contributed by atoms with E-state index in [1.165, 1.54) is 0 Å². The van der Waals surface area contributed by atoms with Crippen molar-refractivity contribution < 1.29 is 9.25 Å². The van der Waals surface area contributed by atoms with Crippen molar-refractivity contribution in [1.82, 2.24) is 15.0 Å². The number of hydroxylamine groups is 1. The molecule has 1 atom stereocenters. The van der Waals surface area contributed by atoms with Crippen molar-refractivity contribution in [2.75, 3.05) is 0 Å². The van der Waals surface area contributed by atoms with Gasteiger partial charge in [0.15, 0.2) is 0 Å². The predicted molar refractivity (Wildman–Crippen MR) is 78.1 cm³/mol. The molecule has 0 saturated heterocycles. The predicted octanol–water partition coefficient (Wildman–Crippen LogP) is 2.82. The molecule has 5 heteroatoms. The van der Waals surface area contributed by atoms with E-state index in [4.69, 9.17) is 9.25 Å². The van der Waals surface area contributed by atoms with Gasteiger partial charge < -0.3 is 8.98 Å². The number of rotatable bonds is 6. The number of hydrogen-bond donors (Lipinski definition) is 1. The molecule has 1 N–H and O–H groups in total. The molecule has 21 heavy (non-hydrogen) atoms. The molecule has 1 unspecified atom stereocenters. The lowest BCUT2D eigenvalue weighted by Crippen LogP contribution is -2.25. The van der Waals surface area contributed by atoms with E-state index in [9.17, 15) is 0 Å². The molecular weight excluding hydrogens is 266 g/mol. The minimum atomic E-state index is -0.247. The van der Waals surface area contributed by atoms with Crippen molar-refractivity contribution in [3.63, 3.8) is 0 Å². The van der Waals surface area contributed by atoms with Gasteiger partial charge in [-0.05, 0) is 17.7 Å². The van der Waals surface area contributed by atoms with Crippen molar-refractivity contribution in [2.24, 2.45) is 7.05 Å². The van der Waals surface area contributed by atoms with Gasteiger partial charge in [-0.15, -0.1) is 0 Å². The Balaban J connectivity index is 1.70. The smallest absolute Gasteiger partial charge is 0.148 e. The number of aromatic nitrogens is 2. The second-order valence-electron chi connectivity index (χ2n) is 4.74. The van der Waals surface area contributed by atoms with E-state index in [1.54, 1.807) is 12.5 Å². The van der Waals surface area contributed by atoms with Crippen LogP contribution >= 0.6 is 0 Å². The highest BCUT2D eigenvalue weighted by molar-refractivity contribution is 5.15. The number of nitrogens with one attached hydrogen (secondary N) is 1. The first-order valence-corrected chi connectivity index (χ1v) is 6.76. The molecule has 0 saturated carbocycles. The molecule has 0 spiro atoms. The van der Waals surface area contributed by atoms with Gasteiger partial charge in [0.25, 0.3) is 0 Å². The largest absolute Gasteiger partial charge is 0.467 e. The summed E-state index contributed by atoms with van der Waals surface area (Å²) in [5.41, 5.74) is 4.14. The van der Waals surface area contributed by atoms with Crippen LogP contribution in [-0.4, -0.2) is 9.55 Å². The molecule has 3 aromatic rings. The van der Waals surface area contributed by atoms with Crippen molar-refractivity contribution >= 4 is 0 Å². The summed E-state index contributed by atoms with van der Waals surface area (Å²) in [6.07, 6.45) is 5.29. The molecule has 5 nitrogen and oxygen atoms in total. The van der Waals surface area contributed by atoms with Crippen LogP contribution < -0.4 is 5.48 Å². The highest BCUT2D eigenvalue weighted by atomic mass is 16.6. The monoisotopic (exact) mass is 283 g/mol. The third-order valence-corrected chi connectivity index (χ3v) is 3.23. The molecule has 0 amide bonds. The van der Waals surface area contributed by atoms with Crippen LogP contribution in [0, 0.1) is 0 Å². The van der Waals surface area contributed by atoms with E-state index in [2.05, 4.69) is 10.5 Å². The lowest BCUT2D eigenvalue weighted by Gasteiger charge is -2.16. The van der Waals surface area contributed by atoms with Crippen LogP contribution in [0.5, 0.6) is 0 Å². The lowest BCUT2D eigenvalue weighted by atomic mass is 10.2. The topological polar surface area (TPSA) is 52.2 Å². The molecular formula is C16H17N3O2. The molecule has 1 aromatic carbocycles. The van der Waals surface area contributed by atoms with Gasteiger partial charge in [-0.1, -0.05) is 30.3 Å². The van der Waals surface area contributed by atoms with Crippen LogP contribution in [0.15, 0.2) is 65.5 Å². The minimum absolute atomic E-state index is 0.247. The number of imidazole rings is 1. The van der Waals surface area contributed by atoms with E-state index in [0.717, 1.165) is 17.1 Å². The highest BCUT2D eigenvalue weighted by Crippen LogP contribution is 2.20. The zero-order chi connectivity index (χ0) is 14.5. The fourth-order valence-electron chi connectivity index (χ4n) is 2.13. The molecule has 2 heterocycles. The number of hydrogen-bond acceptors (Lipinski definition) is 4.